The van der Waals surface area contributed by atoms with Crippen molar-refractivity contribution in [2.75, 3.05) is 26.2 Å². The Morgan fingerprint density at radius 1 is 1.07 bits per heavy atom. The van der Waals surface area contributed by atoms with Crippen molar-refractivity contribution < 1.29 is 13.7 Å². The molecular weight excluding hydrogens is 368 g/mol. The highest BCUT2D eigenvalue weighted by molar-refractivity contribution is 5.90. The fraction of sp³-hybridized carbons (Fsp3) is 0.500. The van der Waals surface area contributed by atoms with Gasteiger partial charge in [0.15, 0.2) is 5.76 Å². The summed E-state index contributed by atoms with van der Waals surface area (Å²) in [5.74, 6) is 0.731. The first kappa shape index (κ1) is 18.4. The third-order valence-electron chi connectivity index (χ3n) is 6.31. The van der Waals surface area contributed by atoms with Crippen molar-refractivity contribution in [1.82, 2.24) is 19.9 Å². The molecule has 2 aliphatic heterocycles. The van der Waals surface area contributed by atoms with Crippen molar-refractivity contribution in [2.45, 2.75) is 45.1 Å². The average molecular weight is 394 g/mol. The third kappa shape index (κ3) is 3.44. The van der Waals surface area contributed by atoms with Gasteiger partial charge in [-0.3, -0.25) is 4.79 Å². The van der Waals surface area contributed by atoms with Crippen LogP contribution in [0.4, 0.5) is 0 Å². The number of fused-ring (bicyclic) bond motifs is 1. The Labute approximate surface area is 169 Å². The highest BCUT2D eigenvalue weighted by atomic mass is 16.5. The van der Waals surface area contributed by atoms with E-state index in [1.165, 1.54) is 32.4 Å². The van der Waals surface area contributed by atoms with Crippen molar-refractivity contribution in [1.29, 1.82) is 0 Å². The van der Waals surface area contributed by atoms with E-state index in [4.69, 9.17) is 8.94 Å². The van der Waals surface area contributed by atoms with Crippen molar-refractivity contribution in [3.05, 3.63) is 35.7 Å². The number of furan rings is 1. The zero-order chi connectivity index (χ0) is 19.8. The van der Waals surface area contributed by atoms with Crippen LogP contribution < -0.4 is 0 Å². The van der Waals surface area contributed by atoms with Gasteiger partial charge in [0.2, 0.25) is 5.82 Å². The van der Waals surface area contributed by atoms with Gasteiger partial charge < -0.3 is 18.7 Å². The lowest BCUT2D eigenvalue weighted by Crippen LogP contribution is -2.48. The van der Waals surface area contributed by atoms with Crippen LogP contribution in [-0.2, 0) is 0 Å². The quantitative estimate of drug-likeness (QED) is 0.671. The highest BCUT2D eigenvalue weighted by Gasteiger charge is 2.31. The van der Waals surface area contributed by atoms with Gasteiger partial charge in [-0.05, 0) is 51.8 Å². The summed E-state index contributed by atoms with van der Waals surface area (Å²) >= 11 is 0. The Morgan fingerprint density at radius 2 is 1.83 bits per heavy atom. The molecule has 0 aliphatic carbocycles. The van der Waals surface area contributed by atoms with Gasteiger partial charge in [-0.15, -0.1) is 0 Å². The van der Waals surface area contributed by atoms with E-state index in [0.29, 0.717) is 17.6 Å². The molecule has 152 valence electrons. The molecule has 0 spiro atoms. The molecule has 3 aromatic rings. The Morgan fingerprint density at radius 3 is 2.59 bits per heavy atom. The Hall–Kier alpha value is -2.67. The topological polar surface area (TPSA) is 75.6 Å². The van der Waals surface area contributed by atoms with Crippen LogP contribution in [0.1, 0.15) is 48.4 Å². The van der Waals surface area contributed by atoms with Crippen molar-refractivity contribution in [3.8, 4) is 11.6 Å². The molecule has 2 saturated heterocycles. The number of likely N-dealkylation sites (tertiary alicyclic amines) is 2. The second kappa shape index (κ2) is 7.63. The minimum Gasteiger partial charge on any atom is -0.452 e. The van der Waals surface area contributed by atoms with Gasteiger partial charge in [0.25, 0.3) is 0 Å². The predicted molar refractivity (Wildman–Crippen MR) is 109 cm³/mol. The van der Waals surface area contributed by atoms with Gasteiger partial charge in [0.05, 0.1) is 0 Å². The Kier molecular flexibility index (Phi) is 4.83. The SMILES string of the molecule is Cc1c(-c2noc(C(=O)N3CCC(N4CCCCC4)CC3)n2)oc2ccccc12. The van der Waals surface area contributed by atoms with Gasteiger partial charge in [-0.2, -0.15) is 4.98 Å². The van der Waals surface area contributed by atoms with E-state index in [9.17, 15) is 4.79 Å². The van der Waals surface area contributed by atoms with E-state index in [-0.39, 0.29) is 11.8 Å². The molecular formula is C22H26N4O3. The summed E-state index contributed by atoms with van der Waals surface area (Å²) in [6, 6.07) is 8.39. The Bertz CT molecular complexity index is 1010. The molecule has 4 heterocycles. The zero-order valence-electron chi connectivity index (χ0n) is 16.8. The van der Waals surface area contributed by atoms with Gasteiger partial charge in [0.1, 0.15) is 5.58 Å². The summed E-state index contributed by atoms with van der Waals surface area (Å²) in [6.07, 6.45) is 5.96. The van der Waals surface area contributed by atoms with Crippen molar-refractivity contribution in [2.24, 2.45) is 0 Å². The van der Waals surface area contributed by atoms with Gasteiger partial charge in [0, 0.05) is 30.1 Å². The minimum atomic E-state index is -0.186. The molecule has 0 N–H and O–H groups in total. The molecule has 0 bridgehead atoms. The first-order chi connectivity index (χ1) is 14.2. The van der Waals surface area contributed by atoms with Crippen LogP contribution in [0.15, 0.2) is 33.2 Å². The lowest BCUT2D eigenvalue weighted by Gasteiger charge is -2.39. The van der Waals surface area contributed by atoms with E-state index in [0.717, 1.165) is 42.5 Å². The molecule has 5 rings (SSSR count). The van der Waals surface area contributed by atoms with Crippen LogP contribution in [0.5, 0.6) is 0 Å². The summed E-state index contributed by atoms with van der Waals surface area (Å²) in [5, 5.41) is 5.03. The number of rotatable bonds is 3. The fourth-order valence-electron chi connectivity index (χ4n) is 4.64. The van der Waals surface area contributed by atoms with Crippen LogP contribution in [0.3, 0.4) is 0 Å². The number of carbonyl (C=O) groups is 1. The third-order valence-corrected chi connectivity index (χ3v) is 6.31. The standard InChI is InChI=1S/C22H26N4O3/c1-15-17-7-3-4-8-18(17)28-19(15)20-23-21(29-24-20)22(27)26-13-9-16(10-14-26)25-11-5-2-6-12-25/h3-4,7-8,16H,2,5-6,9-14H2,1H3. The van der Waals surface area contributed by atoms with E-state index < -0.39 is 0 Å². The summed E-state index contributed by atoms with van der Waals surface area (Å²) < 4.78 is 11.2. The zero-order valence-corrected chi connectivity index (χ0v) is 16.8. The van der Waals surface area contributed by atoms with Crippen LogP contribution in [0, 0.1) is 6.92 Å². The number of hydrogen-bond acceptors (Lipinski definition) is 6. The molecule has 2 fully saturated rings. The number of amides is 1. The molecule has 0 radical (unpaired) electrons. The fourth-order valence-corrected chi connectivity index (χ4v) is 4.64. The van der Waals surface area contributed by atoms with Crippen LogP contribution in [0.2, 0.25) is 0 Å². The molecule has 0 atom stereocenters. The largest absolute Gasteiger partial charge is 0.452 e. The van der Waals surface area contributed by atoms with Gasteiger partial charge >= 0.3 is 11.8 Å². The van der Waals surface area contributed by atoms with Crippen molar-refractivity contribution in [3.63, 3.8) is 0 Å². The average Bonchev–Trinajstić information content (AvgIpc) is 3.39. The van der Waals surface area contributed by atoms with Crippen LogP contribution in [0.25, 0.3) is 22.6 Å². The molecule has 1 amide bonds. The van der Waals surface area contributed by atoms with E-state index in [1.54, 1.807) is 0 Å². The summed E-state index contributed by atoms with van der Waals surface area (Å²) in [4.78, 5) is 21.7. The molecule has 29 heavy (non-hydrogen) atoms. The first-order valence-electron chi connectivity index (χ1n) is 10.6. The van der Waals surface area contributed by atoms with Gasteiger partial charge in [-0.1, -0.05) is 29.8 Å². The maximum absolute atomic E-state index is 12.9. The minimum absolute atomic E-state index is 0.0382. The normalized spacial score (nSPS) is 19.1. The number of nitrogens with zero attached hydrogens (tertiary/aromatic N) is 4. The number of para-hydroxylation sites is 1. The van der Waals surface area contributed by atoms with E-state index >= 15 is 0 Å². The summed E-state index contributed by atoms with van der Waals surface area (Å²) in [5.41, 5.74) is 1.72. The lowest BCUT2D eigenvalue weighted by atomic mass is 10.00. The van der Waals surface area contributed by atoms with Crippen LogP contribution >= 0.6 is 0 Å². The number of piperidine rings is 2. The maximum atomic E-state index is 12.9. The van der Waals surface area contributed by atoms with Crippen LogP contribution in [-0.4, -0.2) is 58.1 Å². The number of aryl methyl sites for hydroxylation is 1. The Balaban J connectivity index is 1.28. The summed E-state index contributed by atoms with van der Waals surface area (Å²) in [6.45, 7) is 5.83. The highest BCUT2D eigenvalue weighted by Crippen LogP contribution is 2.31. The molecule has 1 aromatic carbocycles. The number of benzene rings is 1. The molecule has 0 saturated carbocycles. The second-order valence-electron chi connectivity index (χ2n) is 8.10. The van der Waals surface area contributed by atoms with Crippen molar-refractivity contribution >= 4 is 16.9 Å². The number of aromatic nitrogens is 2. The molecule has 0 unspecified atom stereocenters. The maximum Gasteiger partial charge on any atom is 0.316 e. The number of hydrogen-bond donors (Lipinski definition) is 0. The first-order valence-corrected chi connectivity index (χ1v) is 10.6. The molecule has 2 aromatic heterocycles. The molecule has 7 nitrogen and oxygen atoms in total. The monoisotopic (exact) mass is 394 g/mol. The van der Waals surface area contributed by atoms with E-state index in [1.807, 2.05) is 36.1 Å². The molecule has 7 heteroatoms. The van der Waals surface area contributed by atoms with Gasteiger partial charge in [-0.25, -0.2) is 0 Å². The number of carbonyl (C=O) groups excluding carboxylic acids is 1. The smallest absolute Gasteiger partial charge is 0.316 e. The summed E-state index contributed by atoms with van der Waals surface area (Å²) in [7, 11) is 0. The van der Waals surface area contributed by atoms with E-state index in [2.05, 4.69) is 15.0 Å². The molecule has 2 aliphatic rings. The predicted octanol–water partition coefficient (Wildman–Crippen LogP) is 3.88. The second-order valence-corrected chi connectivity index (χ2v) is 8.10. The lowest BCUT2D eigenvalue weighted by molar-refractivity contribution is 0.0547.